The number of aromatic nitrogens is 1. The molecule has 0 spiro atoms. The molecule has 0 radical (unpaired) electrons. The van der Waals surface area contributed by atoms with Crippen LogP contribution in [0.1, 0.15) is 13.3 Å². The standard InChI is InChI=1S/C12H9Cl2N3O3S/c1-11(5-12(11,13)14)9(18)16-10-15-7-3-2-6(17(19)20)4-8(7)21-10/h2-4H,5H2,1H3,(H,15,16,18). The number of hydrogen-bond acceptors (Lipinski definition) is 5. The second kappa shape index (κ2) is 4.53. The lowest BCUT2D eigenvalue weighted by molar-refractivity contribution is -0.384. The van der Waals surface area contributed by atoms with Crippen molar-refractivity contribution in [3.8, 4) is 0 Å². The van der Waals surface area contributed by atoms with Crippen LogP contribution in [0.3, 0.4) is 0 Å². The molecule has 1 amide bonds. The van der Waals surface area contributed by atoms with Crippen LogP contribution in [0.4, 0.5) is 10.8 Å². The van der Waals surface area contributed by atoms with E-state index in [0.29, 0.717) is 21.8 Å². The van der Waals surface area contributed by atoms with Crippen molar-refractivity contribution in [1.82, 2.24) is 4.98 Å². The Morgan fingerprint density at radius 2 is 2.19 bits per heavy atom. The number of nitro groups is 1. The van der Waals surface area contributed by atoms with Gasteiger partial charge in [-0.3, -0.25) is 14.9 Å². The van der Waals surface area contributed by atoms with Gasteiger partial charge in [0.1, 0.15) is 4.33 Å². The zero-order valence-electron chi connectivity index (χ0n) is 10.7. The average Bonchev–Trinajstić information content (AvgIpc) is 2.76. The number of fused-ring (bicyclic) bond motifs is 1. The number of anilines is 1. The van der Waals surface area contributed by atoms with E-state index < -0.39 is 14.7 Å². The predicted octanol–water partition coefficient (Wildman–Crippen LogP) is 3.73. The largest absolute Gasteiger partial charge is 0.301 e. The number of nitro benzene ring substituents is 1. The summed E-state index contributed by atoms with van der Waals surface area (Å²) in [4.78, 5) is 26.6. The van der Waals surface area contributed by atoms with Crippen LogP contribution in [0.15, 0.2) is 18.2 Å². The summed E-state index contributed by atoms with van der Waals surface area (Å²) < 4.78 is -0.421. The van der Waals surface area contributed by atoms with E-state index in [0.717, 1.165) is 0 Å². The van der Waals surface area contributed by atoms with Gasteiger partial charge in [0.2, 0.25) is 5.91 Å². The van der Waals surface area contributed by atoms with Crippen molar-refractivity contribution >= 4 is 61.5 Å². The van der Waals surface area contributed by atoms with Crippen molar-refractivity contribution in [2.75, 3.05) is 5.32 Å². The number of carbonyl (C=O) groups is 1. The number of carbonyl (C=O) groups excluding carboxylic acids is 1. The molecular formula is C12H9Cl2N3O3S. The third-order valence-electron chi connectivity index (χ3n) is 3.56. The Morgan fingerprint density at radius 3 is 2.76 bits per heavy atom. The minimum atomic E-state index is -1.05. The molecule has 1 aliphatic rings. The normalized spacial score (nSPS) is 23.0. The lowest BCUT2D eigenvalue weighted by Gasteiger charge is -2.10. The number of hydrogen-bond donors (Lipinski definition) is 1. The molecule has 9 heteroatoms. The fourth-order valence-electron chi connectivity index (χ4n) is 1.96. The van der Waals surface area contributed by atoms with Crippen LogP contribution in [-0.2, 0) is 4.79 Å². The Hall–Kier alpha value is -1.44. The molecule has 2 aromatic rings. The van der Waals surface area contributed by atoms with Crippen molar-refractivity contribution in [1.29, 1.82) is 0 Å². The van der Waals surface area contributed by atoms with Crippen molar-refractivity contribution < 1.29 is 9.72 Å². The molecule has 1 saturated carbocycles. The van der Waals surface area contributed by atoms with Crippen LogP contribution in [0.5, 0.6) is 0 Å². The molecule has 1 aliphatic carbocycles. The zero-order valence-corrected chi connectivity index (χ0v) is 13.1. The number of amides is 1. The number of thiazole rings is 1. The van der Waals surface area contributed by atoms with Crippen LogP contribution in [0.2, 0.25) is 0 Å². The highest BCUT2D eigenvalue weighted by Gasteiger charge is 2.68. The maximum absolute atomic E-state index is 12.1. The van der Waals surface area contributed by atoms with Gasteiger partial charge in [-0.05, 0) is 19.4 Å². The first kappa shape index (κ1) is 14.5. The van der Waals surface area contributed by atoms with E-state index in [1.54, 1.807) is 13.0 Å². The number of nitrogens with zero attached hydrogens (tertiary/aromatic N) is 2. The number of benzene rings is 1. The molecule has 1 atom stereocenters. The second-order valence-electron chi connectivity index (χ2n) is 5.10. The molecule has 1 aromatic heterocycles. The quantitative estimate of drug-likeness (QED) is 0.521. The molecule has 0 bridgehead atoms. The van der Waals surface area contributed by atoms with Crippen molar-refractivity contribution in [3.05, 3.63) is 28.3 Å². The van der Waals surface area contributed by atoms with Crippen LogP contribution >= 0.6 is 34.5 Å². The van der Waals surface area contributed by atoms with Gasteiger partial charge in [0.15, 0.2) is 5.13 Å². The van der Waals surface area contributed by atoms with Gasteiger partial charge in [-0.2, -0.15) is 0 Å². The van der Waals surface area contributed by atoms with Gasteiger partial charge in [0.25, 0.3) is 5.69 Å². The monoisotopic (exact) mass is 345 g/mol. The summed E-state index contributed by atoms with van der Waals surface area (Å²) in [6, 6.07) is 4.35. The summed E-state index contributed by atoms with van der Waals surface area (Å²) in [7, 11) is 0. The molecule has 1 heterocycles. The first-order valence-corrected chi connectivity index (χ1v) is 7.54. The second-order valence-corrected chi connectivity index (χ2v) is 7.61. The van der Waals surface area contributed by atoms with Crippen molar-refractivity contribution in [2.24, 2.45) is 5.41 Å². The highest BCUT2D eigenvalue weighted by molar-refractivity contribution is 7.22. The van der Waals surface area contributed by atoms with Gasteiger partial charge in [-0.15, -0.1) is 23.2 Å². The van der Waals surface area contributed by atoms with E-state index in [2.05, 4.69) is 10.3 Å². The summed E-state index contributed by atoms with van der Waals surface area (Å²) >= 11 is 13.1. The minimum absolute atomic E-state index is 0.0151. The summed E-state index contributed by atoms with van der Waals surface area (Å²) in [5.41, 5.74) is -0.261. The number of rotatable bonds is 3. The van der Waals surface area contributed by atoms with Crippen molar-refractivity contribution in [3.63, 3.8) is 0 Å². The molecule has 3 rings (SSSR count). The zero-order chi connectivity index (χ0) is 15.4. The highest BCUT2D eigenvalue weighted by Crippen LogP contribution is 2.64. The third-order valence-corrected chi connectivity index (χ3v) is 5.60. The van der Waals surface area contributed by atoms with E-state index in [4.69, 9.17) is 23.2 Å². The molecule has 21 heavy (non-hydrogen) atoms. The lowest BCUT2D eigenvalue weighted by Crippen LogP contribution is -2.25. The molecule has 1 unspecified atom stereocenters. The van der Waals surface area contributed by atoms with Crippen LogP contribution in [0, 0.1) is 15.5 Å². The number of non-ortho nitro benzene ring substituents is 1. The predicted molar refractivity (Wildman–Crippen MR) is 82.1 cm³/mol. The Labute approximate surface area is 133 Å². The number of alkyl halides is 2. The van der Waals surface area contributed by atoms with Gasteiger partial charge in [0, 0.05) is 12.1 Å². The van der Waals surface area contributed by atoms with E-state index in [9.17, 15) is 14.9 Å². The molecule has 1 fully saturated rings. The maximum Gasteiger partial charge on any atom is 0.270 e. The smallest absolute Gasteiger partial charge is 0.270 e. The topological polar surface area (TPSA) is 85.1 Å². The van der Waals surface area contributed by atoms with Gasteiger partial charge in [-0.1, -0.05) is 11.3 Å². The van der Waals surface area contributed by atoms with Gasteiger partial charge in [-0.25, -0.2) is 4.98 Å². The Morgan fingerprint density at radius 1 is 1.52 bits per heavy atom. The molecule has 1 aromatic carbocycles. The first-order valence-electron chi connectivity index (χ1n) is 5.97. The lowest BCUT2D eigenvalue weighted by atomic mass is 10.1. The van der Waals surface area contributed by atoms with E-state index in [1.807, 2.05) is 0 Å². The van der Waals surface area contributed by atoms with Crippen LogP contribution < -0.4 is 5.32 Å². The molecule has 110 valence electrons. The van der Waals surface area contributed by atoms with Crippen LogP contribution in [-0.4, -0.2) is 20.1 Å². The Kier molecular flexibility index (Phi) is 3.12. The number of nitrogens with one attached hydrogen (secondary N) is 1. The van der Waals surface area contributed by atoms with Crippen LogP contribution in [0.25, 0.3) is 10.2 Å². The summed E-state index contributed by atoms with van der Waals surface area (Å²) in [6.07, 6.45) is 0.380. The highest BCUT2D eigenvalue weighted by atomic mass is 35.5. The molecule has 1 N–H and O–H groups in total. The third kappa shape index (κ3) is 2.35. The Bertz CT molecular complexity index is 776. The fourth-order valence-corrected chi connectivity index (χ4v) is 3.56. The SMILES string of the molecule is CC1(C(=O)Nc2nc3ccc([N+](=O)[O-])cc3s2)CC1(Cl)Cl. The van der Waals surface area contributed by atoms with Gasteiger partial charge >= 0.3 is 0 Å². The Balaban J connectivity index is 1.85. The average molecular weight is 346 g/mol. The summed E-state index contributed by atoms with van der Waals surface area (Å²) in [5, 5.41) is 13.8. The summed E-state index contributed by atoms with van der Waals surface area (Å²) in [5.74, 6) is -0.305. The summed E-state index contributed by atoms with van der Waals surface area (Å²) in [6.45, 7) is 1.68. The minimum Gasteiger partial charge on any atom is -0.301 e. The van der Waals surface area contributed by atoms with E-state index in [1.165, 1.54) is 23.5 Å². The van der Waals surface area contributed by atoms with Crippen molar-refractivity contribution in [2.45, 2.75) is 17.7 Å². The fraction of sp³-hybridized carbons (Fsp3) is 0.333. The molecular weight excluding hydrogens is 337 g/mol. The van der Waals surface area contributed by atoms with Gasteiger partial charge in [0.05, 0.1) is 20.6 Å². The maximum atomic E-state index is 12.1. The molecule has 6 nitrogen and oxygen atoms in total. The van der Waals surface area contributed by atoms with E-state index >= 15 is 0 Å². The first-order chi connectivity index (χ1) is 9.73. The van der Waals surface area contributed by atoms with E-state index in [-0.39, 0.29) is 11.6 Å². The number of halogens is 2. The molecule has 0 saturated heterocycles. The van der Waals surface area contributed by atoms with Gasteiger partial charge < -0.3 is 5.32 Å². The molecule has 0 aliphatic heterocycles.